The first kappa shape index (κ1) is 12.3. The molecule has 0 N–H and O–H groups in total. The molecule has 4 heteroatoms. The smallest absolute Gasteiger partial charge is 0.231 e. The van der Waals surface area contributed by atoms with E-state index in [0.29, 0.717) is 18.8 Å². The van der Waals surface area contributed by atoms with Gasteiger partial charge in [0.25, 0.3) is 0 Å². The molecule has 1 aromatic carbocycles. The Hall–Kier alpha value is -1.26. The molecule has 1 aromatic rings. The minimum atomic E-state index is 0.365. The van der Waals surface area contributed by atoms with Gasteiger partial charge in [0.1, 0.15) is 0 Å². The van der Waals surface area contributed by atoms with Crippen molar-refractivity contribution < 1.29 is 9.47 Å². The van der Waals surface area contributed by atoms with Crippen molar-refractivity contribution in [1.82, 2.24) is 9.80 Å². The van der Waals surface area contributed by atoms with Crippen LogP contribution in [0.3, 0.4) is 0 Å². The zero-order valence-corrected chi connectivity index (χ0v) is 12.5. The van der Waals surface area contributed by atoms with Gasteiger partial charge in [-0.3, -0.25) is 4.90 Å². The predicted molar refractivity (Wildman–Crippen MR) is 79.8 cm³/mol. The Morgan fingerprint density at radius 3 is 2.71 bits per heavy atom. The Morgan fingerprint density at radius 2 is 1.86 bits per heavy atom. The maximum absolute atomic E-state index is 5.57. The molecule has 4 nitrogen and oxygen atoms in total. The van der Waals surface area contributed by atoms with Gasteiger partial charge in [-0.05, 0) is 56.6 Å². The molecule has 5 aliphatic heterocycles. The van der Waals surface area contributed by atoms with Crippen LogP contribution in [0.25, 0.3) is 0 Å². The van der Waals surface area contributed by atoms with E-state index in [1.165, 1.54) is 38.0 Å². The number of piperidine rings is 3. The fourth-order valence-electron chi connectivity index (χ4n) is 5.15. The summed E-state index contributed by atoms with van der Waals surface area (Å²) in [5.74, 6) is 3.34. The maximum atomic E-state index is 5.57. The Kier molecular flexibility index (Phi) is 2.56. The van der Waals surface area contributed by atoms with E-state index in [2.05, 4.69) is 35.0 Å². The number of fused-ring (bicyclic) bond motifs is 3. The van der Waals surface area contributed by atoms with Crippen molar-refractivity contribution >= 4 is 0 Å². The molecule has 0 unspecified atom stereocenters. The molecule has 5 aliphatic rings. The van der Waals surface area contributed by atoms with E-state index in [-0.39, 0.29) is 0 Å². The van der Waals surface area contributed by atoms with Crippen molar-refractivity contribution in [3.8, 4) is 11.5 Å². The highest BCUT2D eigenvalue weighted by atomic mass is 16.7. The second-order valence-corrected chi connectivity index (χ2v) is 7.01. The first-order valence-electron chi connectivity index (χ1n) is 8.15. The molecule has 112 valence electrons. The first-order valence-corrected chi connectivity index (χ1v) is 8.15. The van der Waals surface area contributed by atoms with Gasteiger partial charge in [-0.1, -0.05) is 6.07 Å². The van der Waals surface area contributed by atoms with Crippen LogP contribution in [0.2, 0.25) is 0 Å². The maximum Gasteiger partial charge on any atom is 0.231 e. The van der Waals surface area contributed by atoms with Crippen LogP contribution in [-0.4, -0.2) is 55.4 Å². The van der Waals surface area contributed by atoms with E-state index < -0.39 is 0 Å². The van der Waals surface area contributed by atoms with Crippen LogP contribution in [0.4, 0.5) is 0 Å². The minimum Gasteiger partial charge on any atom is -0.454 e. The summed E-state index contributed by atoms with van der Waals surface area (Å²) in [5.41, 5.74) is 1.42. The summed E-state index contributed by atoms with van der Waals surface area (Å²) in [6.07, 6.45) is 2.78. The highest BCUT2D eigenvalue weighted by molar-refractivity contribution is 5.46. The lowest BCUT2D eigenvalue weighted by molar-refractivity contribution is 0.000193. The van der Waals surface area contributed by atoms with Gasteiger partial charge in [0.15, 0.2) is 11.5 Å². The Morgan fingerprint density at radius 1 is 1.05 bits per heavy atom. The van der Waals surface area contributed by atoms with Crippen LogP contribution in [0, 0.1) is 5.92 Å². The molecule has 0 saturated carbocycles. The van der Waals surface area contributed by atoms with Crippen molar-refractivity contribution in [2.45, 2.75) is 30.8 Å². The van der Waals surface area contributed by atoms with E-state index in [1.54, 1.807) is 0 Å². The van der Waals surface area contributed by atoms with Crippen LogP contribution in [0.15, 0.2) is 18.2 Å². The second-order valence-electron chi connectivity index (χ2n) is 7.01. The zero-order valence-electron chi connectivity index (χ0n) is 12.5. The molecule has 0 aromatic heterocycles. The van der Waals surface area contributed by atoms with E-state index >= 15 is 0 Å². The topological polar surface area (TPSA) is 24.9 Å². The standard InChI is InChI=1S/C17H22N2O2/c1-18-9-13(12-2-3-14-15(8-12)21-10-20-14)17-16(18)11-4-6-19(17)7-5-11/h2-3,8,11,13,16-17H,4-7,9-10H2,1H3/t13-,16+,17+/m0/s1. The van der Waals surface area contributed by atoms with E-state index in [0.717, 1.165) is 23.5 Å². The van der Waals surface area contributed by atoms with Gasteiger partial charge in [-0.15, -0.1) is 0 Å². The molecule has 4 saturated heterocycles. The lowest BCUT2D eigenvalue weighted by Gasteiger charge is -2.51. The van der Waals surface area contributed by atoms with Crippen molar-refractivity contribution in [2.24, 2.45) is 5.92 Å². The fraction of sp³-hybridized carbons (Fsp3) is 0.647. The van der Waals surface area contributed by atoms with E-state index in [9.17, 15) is 0 Å². The van der Waals surface area contributed by atoms with Gasteiger partial charge in [0, 0.05) is 24.5 Å². The third-order valence-corrected chi connectivity index (χ3v) is 6.06. The van der Waals surface area contributed by atoms with Crippen LogP contribution in [0.5, 0.6) is 11.5 Å². The summed E-state index contributed by atoms with van der Waals surface area (Å²) in [7, 11) is 2.31. The summed E-state index contributed by atoms with van der Waals surface area (Å²) in [4.78, 5) is 5.35. The number of hydrogen-bond acceptors (Lipinski definition) is 4. The lowest BCUT2D eigenvalue weighted by atomic mass is 9.75. The van der Waals surface area contributed by atoms with Crippen molar-refractivity contribution in [2.75, 3.05) is 33.5 Å². The number of rotatable bonds is 1. The Balaban J connectivity index is 1.52. The average Bonchev–Trinajstić information content (AvgIpc) is 3.13. The molecule has 0 spiro atoms. The predicted octanol–water partition coefficient (Wildman–Crippen LogP) is 1.91. The summed E-state index contributed by atoms with van der Waals surface area (Å²) in [6.45, 7) is 4.12. The normalized spacial score (nSPS) is 40.5. The largest absolute Gasteiger partial charge is 0.454 e. The number of nitrogens with zero attached hydrogens (tertiary/aromatic N) is 2. The molecule has 21 heavy (non-hydrogen) atoms. The SMILES string of the molecule is CN1C[C@@H](c2ccc3c(c2)OCO3)[C@@H]2[C@H]1C1CCN2CC1. The highest BCUT2D eigenvalue weighted by Gasteiger charge is 2.52. The third kappa shape index (κ3) is 1.69. The van der Waals surface area contributed by atoms with Crippen LogP contribution in [0.1, 0.15) is 24.3 Å². The van der Waals surface area contributed by atoms with Gasteiger partial charge in [0.05, 0.1) is 0 Å². The van der Waals surface area contributed by atoms with Gasteiger partial charge < -0.3 is 14.4 Å². The number of ether oxygens (including phenoxy) is 2. The number of likely N-dealkylation sites (N-methyl/N-ethyl adjacent to an activating group) is 1. The van der Waals surface area contributed by atoms with Gasteiger partial charge >= 0.3 is 0 Å². The quantitative estimate of drug-likeness (QED) is 0.787. The highest BCUT2D eigenvalue weighted by Crippen LogP contribution is 2.47. The second kappa shape index (κ2) is 4.37. The Labute approximate surface area is 125 Å². The van der Waals surface area contributed by atoms with Gasteiger partial charge in [-0.25, -0.2) is 0 Å². The summed E-state index contributed by atoms with van der Waals surface area (Å²) < 4.78 is 11.0. The van der Waals surface area contributed by atoms with Gasteiger partial charge in [0.2, 0.25) is 6.79 Å². The molecule has 0 aliphatic carbocycles. The summed E-state index contributed by atoms with van der Waals surface area (Å²) in [5, 5.41) is 0. The molecular formula is C17H22N2O2. The molecule has 5 heterocycles. The average molecular weight is 286 g/mol. The minimum absolute atomic E-state index is 0.365. The number of hydrogen-bond donors (Lipinski definition) is 0. The monoisotopic (exact) mass is 286 g/mol. The Bertz CT molecular complexity index is 568. The molecule has 6 rings (SSSR count). The van der Waals surface area contributed by atoms with E-state index in [4.69, 9.17) is 9.47 Å². The third-order valence-electron chi connectivity index (χ3n) is 6.06. The number of benzene rings is 1. The summed E-state index contributed by atoms with van der Waals surface area (Å²) >= 11 is 0. The molecule has 3 atom stereocenters. The fourth-order valence-corrected chi connectivity index (χ4v) is 5.15. The van der Waals surface area contributed by atoms with Crippen molar-refractivity contribution in [3.05, 3.63) is 23.8 Å². The molecule has 2 bridgehead atoms. The van der Waals surface area contributed by atoms with Crippen LogP contribution >= 0.6 is 0 Å². The van der Waals surface area contributed by atoms with E-state index in [1.807, 2.05) is 0 Å². The molecule has 0 amide bonds. The first-order chi connectivity index (χ1) is 10.3. The number of likely N-dealkylation sites (tertiary alicyclic amines) is 1. The molecular weight excluding hydrogens is 264 g/mol. The lowest BCUT2D eigenvalue weighted by Crippen LogP contribution is -2.59. The van der Waals surface area contributed by atoms with Crippen molar-refractivity contribution in [3.63, 3.8) is 0 Å². The zero-order chi connectivity index (χ0) is 14.0. The van der Waals surface area contributed by atoms with Crippen LogP contribution < -0.4 is 9.47 Å². The molecule has 4 fully saturated rings. The van der Waals surface area contributed by atoms with Gasteiger partial charge in [-0.2, -0.15) is 0 Å². The molecule has 0 radical (unpaired) electrons. The van der Waals surface area contributed by atoms with Crippen LogP contribution in [-0.2, 0) is 0 Å². The van der Waals surface area contributed by atoms with Crippen molar-refractivity contribution in [1.29, 1.82) is 0 Å². The summed E-state index contributed by atoms with van der Waals surface area (Å²) in [6, 6.07) is 8.00.